The molecule has 3 atom stereocenters. The van der Waals surface area contributed by atoms with E-state index in [-0.39, 0.29) is 34.9 Å². The second-order valence-electron chi connectivity index (χ2n) is 5.84. The number of benzene rings is 1. The van der Waals surface area contributed by atoms with Crippen molar-refractivity contribution in [1.82, 2.24) is 4.90 Å². The van der Waals surface area contributed by atoms with Gasteiger partial charge in [-0.1, -0.05) is 31.9 Å². The molecular weight excluding hydrogens is 359 g/mol. The lowest BCUT2D eigenvalue weighted by molar-refractivity contribution is -0.134. The smallest absolute Gasteiger partial charge is 0.240 e. The van der Waals surface area contributed by atoms with Crippen LogP contribution in [0, 0.1) is 5.92 Å². The van der Waals surface area contributed by atoms with Crippen LogP contribution in [0.5, 0.6) is 0 Å². The van der Waals surface area contributed by atoms with E-state index in [9.17, 15) is 13.2 Å². The number of carbonyl (C=O) groups is 1. The molecule has 1 aromatic carbocycles. The molecule has 1 aromatic rings. The minimum atomic E-state index is -3.39. The number of rotatable bonds is 4. The molecule has 1 heterocycles. The number of nitrogens with zero attached hydrogens (tertiary/aromatic N) is 1. The Morgan fingerprint density at radius 3 is 2.65 bits per heavy atom. The van der Waals surface area contributed by atoms with E-state index in [0.29, 0.717) is 10.6 Å². The first-order valence-electron chi connectivity index (χ1n) is 7.23. The molecule has 0 fully saturated rings. The van der Waals surface area contributed by atoms with E-state index in [1.165, 1.54) is 11.0 Å². The first-order valence-corrected chi connectivity index (χ1v) is 9.26. The van der Waals surface area contributed by atoms with E-state index in [1.54, 1.807) is 19.2 Å². The summed E-state index contributed by atoms with van der Waals surface area (Å²) in [5.41, 5.74) is 6.56. The first-order chi connectivity index (χ1) is 10.2. The Morgan fingerprint density at radius 1 is 1.48 bits per heavy atom. The fourth-order valence-corrected chi connectivity index (χ4v) is 4.67. The van der Waals surface area contributed by atoms with Gasteiger partial charge in [-0.05, 0) is 29.7 Å². The first kappa shape index (κ1) is 20.2. The van der Waals surface area contributed by atoms with Gasteiger partial charge in [0.15, 0.2) is 9.84 Å². The van der Waals surface area contributed by atoms with Crippen LogP contribution in [0.25, 0.3) is 0 Å². The predicted octanol–water partition coefficient (Wildman–Crippen LogP) is 2.42. The summed E-state index contributed by atoms with van der Waals surface area (Å²) in [7, 11) is -1.80. The number of likely N-dealkylation sites (N-methyl/N-ethyl adjacent to an activating group) is 1. The third-order valence-electron chi connectivity index (χ3n) is 4.40. The number of hydrogen-bond acceptors (Lipinski definition) is 4. The predicted molar refractivity (Wildman–Crippen MR) is 93.7 cm³/mol. The summed E-state index contributed by atoms with van der Waals surface area (Å²) in [6, 6.07) is 3.49. The van der Waals surface area contributed by atoms with E-state index in [1.807, 2.05) is 13.8 Å². The van der Waals surface area contributed by atoms with Gasteiger partial charge in [0.2, 0.25) is 5.91 Å². The van der Waals surface area contributed by atoms with Gasteiger partial charge in [0, 0.05) is 12.1 Å². The monoisotopic (exact) mass is 380 g/mol. The van der Waals surface area contributed by atoms with Crippen molar-refractivity contribution in [3.8, 4) is 0 Å². The summed E-state index contributed by atoms with van der Waals surface area (Å²) in [5.74, 6) is -0.341. The van der Waals surface area contributed by atoms with Crippen LogP contribution in [-0.4, -0.2) is 38.1 Å². The third kappa shape index (κ3) is 3.82. The maximum Gasteiger partial charge on any atom is 0.240 e. The quantitative estimate of drug-likeness (QED) is 0.869. The summed E-state index contributed by atoms with van der Waals surface area (Å²) in [4.78, 5) is 14.2. The van der Waals surface area contributed by atoms with Gasteiger partial charge in [0.25, 0.3) is 0 Å². The van der Waals surface area contributed by atoms with Crippen LogP contribution in [0.2, 0.25) is 5.02 Å². The molecule has 0 aromatic heterocycles. The largest absolute Gasteiger partial charge is 0.336 e. The Morgan fingerprint density at radius 2 is 2.09 bits per heavy atom. The molecule has 8 heteroatoms. The number of nitrogens with two attached hydrogens (primary N) is 1. The normalized spacial score (nSPS) is 21.0. The molecule has 3 unspecified atom stereocenters. The lowest BCUT2D eigenvalue weighted by Crippen LogP contribution is -2.47. The van der Waals surface area contributed by atoms with E-state index in [4.69, 9.17) is 17.3 Å². The Hall–Kier alpha value is -0.820. The van der Waals surface area contributed by atoms with E-state index >= 15 is 0 Å². The van der Waals surface area contributed by atoms with Crippen LogP contribution >= 0.6 is 24.0 Å². The van der Waals surface area contributed by atoms with Crippen LogP contribution in [0.4, 0.5) is 0 Å². The zero-order chi connectivity index (χ0) is 16.7. The molecule has 1 aliphatic heterocycles. The summed E-state index contributed by atoms with van der Waals surface area (Å²) in [6.07, 6.45) is 0.784. The molecule has 0 spiro atoms. The maximum atomic E-state index is 12.5. The van der Waals surface area contributed by atoms with Crippen LogP contribution in [0.3, 0.4) is 0 Å². The fourth-order valence-electron chi connectivity index (χ4n) is 2.66. The highest BCUT2D eigenvalue weighted by molar-refractivity contribution is 7.91. The van der Waals surface area contributed by atoms with Crippen LogP contribution < -0.4 is 5.73 Å². The van der Waals surface area contributed by atoms with Crippen molar-refractivity contribution in [2.45, 2.75) is 37.2 Å². The van der Waals surface area contributed by atoms with Crippen molar-refractivity contribution in [3.63, 3.8) is 0 Å². The summed E-state index contributed by atoms with van der Waals surface area (Å²) >= 11 is 5.98. The van der Waals surface area contributed by atoms with Gasteiger partial charge in [-0.15, -0.1) is 12.4 Å². The van der Waals surface area contributed by atoms with E-state index in [2.05, 4.69) is 0 Å². The van der Waals surface area contributed by atoms with Gasteiger partial charge in [-0.2, -0.15) is 0 Å². The lowest BCUT2D eigenvalue weighted by atomic mass is 9.98. The van der Waals surface area contributed by atoms with Crippen molar-refractivity contribution in [1.29, 1.82) is 0 Å². The summed E-state index contributed by atoms with van der Waals surface area (Å²) in [5, 5.41) is 0.452. The lowest BCUT2D eigenvalue weighted by Gasteiger charge is -2.29. The number of hydrogen-bond donors (Lipinski definition) is 1. The highest BCUT2D eigenvalue weighted by Gasteiger charge is 2.39. The Kier molecular flexibility index (Phi) is 6.49. The fraction of sp³-hybridized carbons (Fsp3) is 0.533. The van der Waals surface area contributed by atoms with Crippen LogP contribution in [-0.2, 0) is 14.6 Å². The van der Waals surface area contributed by atoms with E-state index < -0.39 is 21.9 Å². The Bertz CT molecular complexity index is 694. The van der Waals surface area contributed by atoms with Crippen LogP contribution in [0.15, 0.2) is 23.1 Å². The minimum Gasteiger partial charge on any atom is -0.336 e. The molecule has 0 saturated heterocycles. The molecule has 0 bridgehead atoms. The number of halogens is 2. The molecule has 1 aliphatic rings. The molecule has 130 valence electrons. The third-order valence-corrected chi connectivity index (χ3v) is 6.43. The van der Waals surface area contributed by atoms with Gasteiger partial charge in [-0.3, -0.25) is 4.79 Å². The Balaban J connectivity index is 0.00000264. The summed E-state index contributed by atoms with van der Waals surface area (Å²) < 4.78 is 24.5. The number of amides is 1. The van der Waals surface area contributed by atoms with Crippen LogP contribution in [0.1, 0.15) is 31.9 Å². The molecule has 1 amide bonds. The molecule has 2 rings (SSSR count). The molecule has 23 heavy (non-hydrogen) atoms. The average molecular weight is 381 g/mol. The van der Waals surface area contributed by atoms with Crippen molar-refractivity contribution < 1.29 is 13.2 Å². The highest BCUT2D eigenvalue weighted by Crippen LogP contribution is 2.38. The zero-order valence-electron chi connectivity index (χ0n) is 13.3. The summed E-state index contributed by atoms with van der Waals surface area (Å²) in [6.45, 7) is 3.87. The number of fused-ring (bicyclic) bond motifs is 1. The molecule has 0 aliphatic carbocycles. The maximum absolute atomic E-state index is 12.5. The molecule has 2 N–H and O–H groups in total. The van der Waals surface area contributed by atoms with Crippen molar-refractivity contribution in [2.24, 2.45) is 11.7 Å². The average Bonchev–Trinajstić information content (AvgIpc) is 2.75. The van der Waals surface area contributed by atoms with Gasteiger partial charge in [0.05, 0.1) is 22.7 Å². The van der Waals surface area contributed by atoms with E-state index in [0.717, 1.165) is 6.42 Å². The van der Waals surface area contributed by atoms with Gasteiger partial charge < -0.3 is 10.6 Å². The van der Waals surface area contributed by atoms with Crippen molar-refractivity contribution in [2.75, 3.05) is 12.8 Å². The minimum absolute atomic E-state index is 0. The topological polar surface area (TPSA) is 80.5 Å². The van der Waals surface area contributed by atoms with Gasteiger partial charge in [0.1, 0.15) is 0 Å². The molecule has 5 nitrogen and oxygen atoms in total. The molecular formula is C15H22Cl2N2O3S. The zero-order valence-corrected chi connectivity index (χ0v) is 15.7. The second-order valence-corrected chi connectivity index (χ2v) is 8.28. The molecule has 0 radical (unpaired) electrons. The van der Waals surface area contributed by atoms with Gasteiger partial charge in [-0.25, -0.2) is 8.42 Å². The Labute approximate surface area is 148 Å². The SMILES string of the molecule is CCC(C)C(N)C(=O)N(C)C1CS(=O)(=O)c2ccc(Cl)cc21.Cl. The number of carbonyl (C=O) groups excluding carboxylic acids is 1. The highest BCUT2D eigenvalue weighted by atomic mass is 35.5. The van der Waals surface area contributed by atoms with Crippen molar-refractivity contribution in [3.05, 3.63) is 28.8 Å². The van der Waals surface area contributed by atoms with Gasteiger partial charge >= 0.3 is 0 Å². The second kappa shape index (κ2) is 7.38. The van der Waals surface area contributed by atoms with Crippen molar-refractivity contribution >= 4 is 39.8 Å². The number of sulfone groups is 1. The standard InChI is InChI=1S/C15H21ClN2O3S.ClH/c1-4-9(2)14(17)15(19)18(3)12-8-22(20,21)13-6-5-10(16)7-11(12)13;/h5-7,9,12,14H,4,8,17H2,1-3H3;1H. The molecule has 0 saturated carbocycles.